The van der Waals surface area contributed by atoms with Gasteiger partial charge in [-0.2, -0.15) is 25.2 Å². The molecule has 0 unspecified atom stereocenters. The standard InChI is InChI=1S/C10H22O3S2.CHF3/c1-3-5-7-9-14-13-15(11,12)10-8-6-4-2;2-1(3)4/h3-10H2,1-2H3;1H. The fraction of sp³-hybridized carbons (Fsp3) is 1.00. The normalized spacial score (nSPS) is 11.3. The molecule has 0 N–H and O–H groups in total. The predicted molar refractivity (Wildman–Crippen MR) is 73.5 cm³/mol. The molecule has 118 valence electrons. The summed E-state index contributed by atoms with van der Waals surface area (Å²) in [6.45, 7) is 0.500. The van der Waals surface area contributed by atoms with Crippen LogP contribution in [0.3, 0.4) is 0 Å². The lowest BCUT2D eigenvalue weighted by atomic mass is 10.3. The van der Waals surface area contributed by atoms with E-state index < -0.39 is 16.8 Å². The molecule has 0 amide bonds. The predicted octanol–water partition coefficient (Wildman–Crippen LogP) is 4.54. The zero-order chi connectivity index (χ0) is 15.1. The van der Waals surface area contributed by atoms with Crippen molar-refractivity contribution in [2.75, 3.05) is 11.5 Å². The van der Waals surface area contributed by atoms with Gasteiger partial charge in [-0.1, -0.05) is 39.5 Å². The molecule has 0 aromatic rings. The Morgan fingerprint density at radius 2 is 1.47 bits per heavy atom. The van der Waals surface area contributed by atoms with Crippen LogP contribution in [-0.4, -0.2) is 26.6 Å². The van der Waals surface area contributed by atoms with Crippen LogP contribution in [0.2, 0.25) is 0 Å². The van der Waals surface area contributed by atoms with E-state index in [2.05, 4.69) is 6.92 Å². The van der Waals surface area contributed by atoms with E-state index in [1.54, 1.807) is 0 Å². The first kappa shape index (κ1) is 21.4. The molecule has 19 heavy (non-hydrogen) atoms. The Hall–Kier alpha value is 0.0500. The van der Waals surface area contributed by atoms with Crippen LogP contribution in [0.25, 0.3) is 0 Å². The van der Waals surface area contributed by atoms with E-state index in [4.69, 9.17) is 3.63 Å². The highest BCUT2D eigenvalue weighted by Crippen LogP contribution is 2.13. The smallest absolute Gasteiger partial charge is 0.198 e. The highest BCUT2D eigenvalue weighted by Gasteiger charge is 2.10. The van der Waals surface area contributed by atoms with E-state index in [1.165, 1.54) is 0 Å². The second kappa shape index (κ2) is 14.5. The molecular weight excluding hydrogens is 301 g/mol. The number of hydrogen-bond acceptors (Lipinski definition) is 4. The van der Waals surface area contributed by atoms with Crippen molar-refractivity contribution in [1.82, 2.24) is 0 Å². The van der Waals surface area contributed by atoms with Gasteiger partial charge in [0.2, 0.25) is 0 Å². The SMILES string of the molecule is CCCCCSOS(=O)(=O)CCCCC.FC(F)F. The molecule has 0 saturated heterocycles. The third-order valence-corrected chi connectivity index (χ3v) is 4.44. The maximum Gasteiger partial charge on any atom is 0.379 e. The molecule has 0 atom stereocenters. The van der Waals surface area contributed by atoms with Crippen molar-refractivity contribution < 1.29 is 25.2 Å². The Morgan fingerprint density at radius 1 is 1.00 bits per heavy atom. The van der Waals surface area contributed by atoms with Crippen molar-refractivity contribution in [2.24, 2.45) is 0 Å². The van der Waals surface area contributed by atoms with Gasteiger partial charge in [0.1, 0.15) is 0 Å². The van der Waals surface area contributed by atoms with Gasteiger partial charge in [-0.05, 0) is 12.8 Å². The Bertz CT molecular complexity index is 270. The number of hydrogen-bond donors (Lipinski definition) is 0. The number of rotatable bonds is 10. The van der Waals surface area contributed by atoms with E-state index in [9.17, 15) is 21.6 Å². The highest BCUT2D eigenvalue weighted by molar-refractivity contribution is 8.04. The molecule has 0 aliphatic rings. The Morgan fingerprint density at radius 3 is 1.95 bits per heavy atom. The summed E-state index contributed by atoms with van der Waals surface area (Å²) in [6.07, 6.45) is 5.97. The maximum absolute atomic E-state index is 11.3. The first-order chi connectivity index (χ1) is 8.85. The van der Waals surface area contributed by atoms with Crippen LogP contribution < -0.4 is 0 Å². The molecular formula is C11H23F3O3S2. The molecule has 0 aliphatic carbocycles. The van der Waals surface area contributed by atoms with Crippen LogP contribution in [0, 0.1) is 0 Å². The van der Waals surface area contributed by atoms with Crippen molar-refractivity contribution in [3.63, 3.8) is 0 Å². The lowest BCUT2D eigenvalue weighted by Gasteiger charge is -2.03. The van der Waals surface area contributed by atoms with Gasteiger partial charge in [0.25, 0.3) is 10.1 Å². The summed E-state index contributed by atoms with van der Waals surface area (Å²) in [7, 11) is -3.28. The lowest BCUT2D eigenvalue weighted by molar-refractivity contribution is 0.00819. The molecule has 3 nitrogen and oxygen atoms in total. The average molecular weight is 324 g/mol. The third-order valence-electron chi connectivity index (χ3n) is 1.98. The minimum atomic E-state index is -3.67. The van der Waals surface area contributed by atoms with Crippen LogP contribution in [-0.2, 0) is 13.7 Å². The summed E-state index contributed by atoms with van der Waals surface area (Å²) in [4.78, 5) is 0. The molecule has 0 bridgehead atoms. The third kappa shape index (κ3) is 23.6. The number of unbranched alkanes of at least 4 members (excludes halogenated alkanes) is 4. The molecule has 0 aromatic carbocycles. The summed E-state index contributed by atoms with van der Waals surface area (Å²) in [5, 5.41) is 0. The molecule has 0 fully saturated rings. The molecule has 0 spiro atoms. The highest BCUT2D eigenvalue weighted by atomic mass is 32.3. The molecule has 0 rings (SSSR count). The molecule has 8 heteroatoms. The van der Waals surface area contributed by atoms with Crippen LogP contribution >= 0.6 is 12.0 Å². The van der Waals surface area contributed by atoms with Gasteiger partial charge in [-0.3, -0.25) is 0 Å². The topological polar surface area (TPSA) is 43.4 Å². The van der Waals surface area contributed by atoms with Crippen LogP contribution in [0.5, 0.6) is 0 Å². The van der Waals surface area contributed by atoms with Gasteiger partial charge in [0, 0.05) is 17.8 Å². The summed E-state index contributed by atoms with van der Waals surface area (Å²) in [5.41, 5.74) is 0. The number of halogens is 3. The van der Waals surface area contributed by atoms with Crippen molar-refractivity contribution in [1.29, 1.82) is 0 Å². The van der Waals surface area contributed by atoms with Crippen molar-refractivity contribution in [3.8, 4) is 0 Å². The van der Waals surface area contributed by atoms with Crippen LogP contribution in [0.1, 0.15) is 52.4 Å². The van der Waals surface area contributed by atoms with Gasteiger partial charge >= 0.3 is 6.68 Å². The van der Waals surface area contributed by atoms with Gasteiger partial charge in [-0.15, -0.1) is 0 Å². The monoisotopic (exact) mass is 324 g/mol. The maximum atomic E-state index is 11.3. The van der Waals surface area contributed by atoms with Gasteiger partial charge in [0.15, 0.2) is 0 Å². The van der Waals surface area contributed by atoms with Crippen molar-refractivity contribution in [2.45, 2.75) is 59.1 Å². The first-order valence-corrected chi connectivity index (χ1v) is 8.80. The van der Waals surface area contributed by atoms with E-state index in [-0.39, 0.29) is 5.75 Å². The van der Waals surface area contributed by atoms with E-state index >= 15 is 0 Å². The van der Waals surface area contributed by atoms with E-state index in [0.717, 1.165) is 49.9 Å². The molecule has 0 radical (unpaired) electrons. The number of alkyl halides is 3. The minimum absolute atomic E-state index is 0.154. The first-order valence-electron chi connectivity index (χ1n) is 6.31. The minimum Gasteiger partial charge on any atom is -0.198 e. The van der Waals surface area contributed by atoms with Crippen molar-refractivity contribution >= 4 is 22.2 Å². The Balaban J connectivity index is 0. The summed E-state index contributed by atoms with van der Waals surface area (Å²) >= 11 is 1.07. The van der Waals surface area contributed by atoms with Crippen LogP contribution in [0.4, 0.5) is 13.2 Å². The summed E-state index contributed by atoms with van der Waals surface area (Å²) < 4.78 is 56.4. The second-order valence-corrected chi connectivity index (χ2v) is 6.53. The second-order valence-electron chi connectivity index (χ2n) is 3.81. The van der Waals surface area contributed by atoms with Crippen molar-refractivity contribution in [3.05, 3.63) is 0 Å². The average Bonchev–Trinajstić information content (AvgIpc) is 2.28. The molecule has 0 heterocycles. The molecule has 0 saturated carbocycles. The van der Waals surface area contributed by atoms with E-state index in [0.29, 0.717) is 6.42 Å². The Kier molecular flexibility index (Phi) is 16.2. The fourth-order valence-electron chi connectivity index (χ4n) is 1.08. The lowest BCUT2D eigenvalue weighted by Crippen LogP contribution is -2.06. The quantitative estimate of drug-likeness (QED) is 0.437. The summed E-state index contributed by atoms with van der Waals surface area (Å²) in [5.74, 6) is 0.919. The van der Waals surface area contributed by atoms with E-state index in [1.807, 2.05) is 6.92 Å². The Labute approximate surface area is 118 Å². The molecule has 0 aromatic heterocycles. The zero-order valence-corrected chi connectivity index (χ0v) is 13.0. The zero-order valence-electron chi connectivity index (χ0n) is 11.4. The van der Waals surface area contributed by atoms with Gasteiger partial charge in [-0.25, -0.2) is 0 Å². The van der Waals surface area contributed by atoms with Crippen LogP contribution in [0.15, 0.2) is 0 Å². The largest absolute Gasteiger partial charge is 0.379 e. The fourth-order valence-corrected chi connectivity index (χ4v) is 3.09. The van der Waals surface area contributed by atoms with Gasteiger partial charge in [0.05, 0.1) is 5.75 Å². The molecule has 0 aliphatic heterocycles. The summed E-state index contributed by atoms with van der Waals surface area (Å²) in [6, 6.07) is 0. The van der Waals surface area contributed by atoms with Gasteiger partial charge < -0.3 is 0 Å².